The molecule has 1 N–H and O–H groups in total. The molecule has 4 rings (SSSR count). The summed E-state index contributed by atoms with van der Waals surface area (Å²) < 4.78 is 0. The molecule has 0 saturated carbocycles. The molecule has 3 heterocycles. The first-order chi connectivity index (χ1) is 12.4. The molecule has 25 heavy (non-hydrogen) atoms. The second kappa shape index (κ2) is 7.05. The minimum Gasteiger partial charge on any atom is -0.342 e. The Morgan fingerprint density at radius 2 is 1.48 bits per heavy atom. The third kappa shape index (κ3) is 3.61. The largest absolute Gasteiger partial charge is 0.342 e. The fourth-order valence-electron chi connectivity index (χ4n) is 2.63. The van der Waals surface area contributed by atoms with Gasteiger partial charge in [0, 0.05) is 41.8 Å². The molecule has 0 amide bonds. The van der Waals surface area contributed by atoms with Gasteiger partial charge in [0.2, 0.25) is 0 Å². The molecule has 122 valence electrons. The number of aromatic nitrogens is 5. The summed E-state index contributed by atoms with van der Waals surface area (Å²) in [7, 11) is 0. The van der Waals surface area contributed by atoms with Gasteiger partial charge in [-0.05, 0) is 18.6 Å². The second-order valence-electron chi connectivity index (χ2n) is 5.73. The smallest absolute Gasteiger partial charge is 0.159 e. The first-order valence-corrected chi connectivity index (χ1v) is 8.20. The van der Waals surface area contributed by atoms with Crippen LogP contribution in [0.3, 0.4) is 0 Å². The molecule has 0 aliphatic rings. The van der Waals surface area contributed by atoms with Crippen LogP contribution in [-0.4, -0.2) is 24.9 Å². The normalized spacial score (nSPS) is 10.7. The Morgan fingerprint density at radius 3 is 2.24 bits per heavy atom. The number of rotatable bonds is 5. The summed E-state index contributed by atoms with van der Waals surface area (Å²) in [5.74, 6) is 1.66. The highest BCUT2D eigenvalue weighted by molar-refractivity contribution is 5.60. The van der Waals surface area contributed by atoms with Gasteiger partial charge in [-0.3, -0.25) is 4.98 Å². The second-order valence-corrected chi connectivity index (χ2v) is 5.73. The molecule has 0 radical (unpaired) electrons. The van der Waals surface area contributed by atoms with E-state index in [0.29, 0.717) is 0 Å². The highest BCUT2D eigenvalue weighted by Crippen LogP contribution is 2.19. The minimum atomic E-state index is 0.722. The number of imidazole rings is 1. The molecular formula is C20H17N5. The van der Waals surface area contributed by atoms with Gasteiger partial charge in [-0.25, -0.2) is 15.0 Å². The van der Waals surface area contributed by atoms with Crippen molar-refractivity contribution in [3.8, 4) is 22.6 Å². The summed E-state index contributed by atoms with van der Waals surface area (Å²) in [6, 6.07) is 15.9. The van der Waals surface area contributed by atoms with Crippen LogP contribution >= 0.6 is 0 Å². The van der Waals surface area contributed by atoms with Crippen LogP contribution in [0.4, 0.5) is 0 Å². The molecule has 4 aromatic rings. The molecule has 3 aromatic heterocycles. The maximum absolute atomic E-state index is 4.46. The van der Waals surface area contributed by atoms with E-state index in [9.17, 15) is 0 Å². The number of hydrogen-bond donors (Lipinski definition) is 1. The molecule has 0 unspecified atom stereocenters. The zero-order chi connectivity index (χ0) is 16.9. The maximum Gasteiger partial charge on any atom is 0.159 e. The van der Waals surface area contributed by atoms with E-state index in [1.54, 1.807) is 0 Å². The van der Waals surface area contributed by atoms with Gasteiger partial charge >= 0.3 is 0 Å². The minimum absolute atomic E-state index is 0.722. The summed E-state index contributed by atoms with van der Waals surface area (Å²) >= 11 is 0. The molecule has 0 bridgehead atoms. The lowest BCUT2D eigenvalue weighted by atomic mass is 10.2. The maximum atomic E-state index is 4.46. The van der Waals surface area contributed by atoms with Gasteiger partial charge in [-0.15, -0.1) is 0 Å². The molecule has 5 nitrogen and oxygen atoms in total. The average molecular weight is 327 g/mol. The summed E-state index contributed by atoms with van der Waals surface area (Å²) in [5, 5.41) is 0. The number of pyridine rings is 1. The predicted molar refractivity (Wildman–Crippen MR) is 96.7 cm³/mol. The topological polar surface area (TPSA) is 67.3 Å². The predicted octanol–water partition coefficient (Wildman–Crippen LogP) is 3.71. The number of H-pyrrole nitrogens is 1. The van der Waals surface area contributed by atoms with E-state index in [4.69, 9.17) is 0 Å². The van der Waals surface area contributed by atoms with Gasteiger partial charge in [0.05, 0.1) is 11.9 Å². The van der Waals surface area contributed by atoms with Gasteiger partial charge in [-0.1, -0.05) is 36.4 Å². The number of nitrogens with zero attached hydrogens (tertiary/aromatic N) is 4. The van der Waals surface area contributed by atoms with Crippen molar-refractivity contribution in [3.63, 3.8) is 0 Å². The van der Waals surface area contributed by atoms with Crippen molar-refractivity contribution in [2.24, 2.45) is 0 Å². The van der Waals surface area contributed by atoms with Gasteiger partial charge in [0.15, 0.2) is 5.82 Å². The SMILES string of the molecule is c1ccc(-c2ncc(-c3cnc(CCc4ccccn4)[nH]3)cn2)cc1. The summed E-state index contributed by atoms with van der Waals surface area (Å²) in [6.07, 6.45) is 8.97. The van der Waals surface area contributed by atoms with Crippen LogP contribution in [0.1, 0.15) is 11.5 Å². The Kier molecular flexibility index (Phi) is 4.29. The molecule has 0 saturated heterocycles. The average Bonchev–Trinajstić information content (AvgIpc) is 3.17. The third-order valence-corrected chi connectivity index (χ3v) is 3.97. The van der Waals surface area contributed by atoms with Crippen molar-refractivity contribution < 1.29 is 0 Å². The van der Waals surface area contributed by atoms with Crippen molar-refractivity contribution >= 4 is 0 Å². The van der Waals surface area contributed by atoms with Crippen LogP contribution in [0, 0.1) is 0 Å². The summed E-state index contributed by atoms with van der Waals surface area (Å²) in [6.45, 7) is 0. The van der Waals surface area contributed by atoms with E-state index in [0.717, 1.165) is 47.0 Å². The number of benzene rings is 1. The Labute approximate surface area is 145 Å². The van der Waals surface area contributed by atoms with E-state index in [1.807, 2.05) is 73.3 Å². The fourth-order valence-corrected chi connectivity index (χ4v) is 2.63. The first-order valence-electron chi connectivity index (χ1n) is 8.20. The van der Waals surface area contributed by atoms with Gasteiger partial charge in [0.25, 0.3) is 0 Å². The lowest BCUT2D eigenvalue weighted by molar-refractivity contribution is 0.857. The van der Waals surface area contributed by atoms with Crippen molar-refractivity contribution in [2.75, 3.05) is 0 Å². The van der Waals surface area contributed by atoms with E-state index < -0.39 is 0 Å². The standard InChI is InChI=1S/C20H17N5/c1-2-6-15(7-3-1)20-23-12-16(13-24-20)18-14-22-19(25-18)10-9-17-8-4-5-11-21-17/h1-8,11-14H,9-10H2,(H,22,25). The lowest BCUT2D eigenvalue weighted by Gasteiger charge is -2.01. The van der Waals surface area contributed by atoms with Crippen LogP contribution in [0.15, 0.2) is 73.3 Å². The van der Waals surface area contributed by atoms with E-state index in [1.165, 1.54) is 0 Å². The van der Waals surface area contributed by atoms with Gasteiger partial charge in [-0.2, -0.15) is 0 Å². The number of nitrogens with one attached hydrogen (secondary N) is 1. The van der Waals surface area contributed by atoms with Gasteiger partial charge < -0.3 is 4.98 Å². The van der Waals surface area contributed by atoms with Crippen LogP contribution in [-0.2, 0) is 12.8 Å². The van der Waals surface area contributed by atoms with Gasteiger partial charge in [0.1, 0.15) is 5.82 Å². The van der Waals surface area contributed by atoms with Crippen molar-refractivity contribution in [1.29, 1.82) is 0 Å². The van der Waals surface area contributed by atoms with Crippen molar-refractivity contribution in [1.82, 2.24) is 24.9 Å². The molecule has 1 aromatic carbocycles. The summed E-state index contributed by atoms with van der Waals surface area (Å²) in [5.41, 5.74) is 3.93. The zero-order valence-electron chi connectivity index (χ0n) is 13.6. The Bertz CT molecular complexity index is 931. The van der Waals surface area contributed by atoms with Crippen LogP contribution in [0.25, 0.3) is 22.6 Å². The van der Waals surface area contributed by atoms with Crippen LogP contribution in [0.5, 0.6) is 0 Å². The first kappa shape index (κ1) is 15.2. The highest BCUT2D eigenvalue weighted by atomic mass is 14.9. The monoisotopic (exact) mass is 327 g/mol. The molecule has 0 fully saturated rings. The lowest BCUT2D eigenvalue weighted by Crippen LogP contribution is -1.95. The molecule has 0 aliphatic carbocycles. The fraction of sp³-hybridized carbons (Fsp3) is 0.100. The molecule has 5 heteroatoms. The Morgan fingerprint density at radius 1 is 0.680 bits per heavy atom. The molecule has 0 spiro atoms. The van der Waals surface area contributed by atoms with Crippen LogP contribution < -0.4 is 0 Å². The molecule has 0 aliphatic heterocycles. The number of aryl methyl sites for hydroxylation is 2. The van der Waals surface area contributed by atoms with E-state index >= 15 is 0 Å². The number of hydrogen-bond acceptors (Lipinski definition) is 4. The zero-order valence-corrected chi connectivity index (χ0v) is 13.6. The van der Waals surface area contributed by atoms with E-state index in [2.05, 4.69) is 24.9 Å². The van der Waals surface area contributed by atoms with Crippen molar-refractivity contribution in [2.45, 2.75) is 12.8 Å². The molecule has 0 atom stereocenters. The molecular weight excluding hydrogens is 310 g/mol. The van der Waals surface area contributed by atoms with Crippen LogP contribution in [0.2, 0.25) is 0 Å². The quantitative estimate of drug-likeness (QED) is 0.607. The van der Waals surface area contributed by atoms with E-state index in [-0.39, 0.29) is 0 Å². The third-order valence-electron chi connectivity index (χ3n) is 3.97. The summed E-state index contributed by atoms with van der Waals surface area (Å²) in [4.78, 5) is 21.0. The van der Waals surface area contributed by atoms with Crippen molar-refractivity contribution in [3.05, 3.63) is 84.8 Å². The Hall–Kier alpha value is -3.34. The Balaban J connectivity index is 1.46. The number of aromatic amines is 1. The highest BCUT2D eigenvalue weighted by Gasteiger charge is 2.06.